The Kier molecular flexibility index (Phi) is 3.33. The van der Waals surface area contributed by atoms with E-state index in [1.807, 2.05) is 22.8 Å². The molecule has 0 aliphatic heterocycles. The van der Waals surface area contributed by atoms with E-state index in [-0.39, 0.29) is 0 Å². The standard InChI is InChI=1S/C17H17N3/c1-13(2)14-8-10-15(11-9-14)17-19-18-12-20(17)16-6-4-3-5-7-16/h3-13H,1-2H3. The molecule has 0 aliphatic carbocycles. The lowest BCUT2D eigenvalue weighted by molar-refractivity contribution is 0.866. The smallest absolute Gasteiger partial charge is 0.168 e. The lowest BCUT2D eigenvalue weighted by atomic mass is 10.0. The molecule has 0 N–H and O–H groups in total. The van der Waals surface area contributed by atoms with Crippen LogP contribution in [0.1, 0.15) is 25.3 Å². The fourth-order valence-corrected chi connectivity index (χ4v) is 2.23. The van der Waals surface area contributed by atoms with Crippen LogP contribution in [0.25, 0.3) is 17.1 Å². The Hall–Kier alpha value is -2.42. The topological polar surface area (TPSA) is 30.7 Å². The Labute approximate surface area is 118 Å². The van der Waals surface area contributed by atoms with Gasteiger partial charge in [0.05, 0.1) is 0 Å². The maximum absolute atomic E-state index is 4.25. The van der Waals surface area contributed by atoms with E-state index in [1.165, 1.54) is 5.56 Å². The summed E-state index contributed by atoms with van der Waals surface area (Å²) in [6.07, 6.45) is 1.75. The van der Waals surface area contributed by atoms with Crippen LogP contribution in [-0.2, 0) is 0 Å². The molecule has 0 bridgehead atoms. The van der Waals surface area contributed by atoms with Crippen LogP contribution in [0.3, 0.4) is 0 Å². The third-order valence-corrected chi connectivity index (χ3v) is 3.42. The lowest BCUT2D eigenvalue weighted by Gasteiger charge is -2.08. The van der Waals surface area contributed by atoms with Gasteiger partial charge in [-0.2, -0.15) is 0 Å². The molecule has 1 heterocycles. The molecule has 3 aromatic rings. The second-order valence-corrected chi connectivity index (χ2v) is 5.14. The molecule has 1 aromatic heterocycles. The number of benzene rings is 2. The Bertz CT molecular complexity index is 682. The van der Waals surface area contributed by atoms with Crippen LogP contribution in [-0.4, -0.2) is 14.8 Å². The van der Waals surface area contributed by atoms with E-state index in [0.29, 0.717) is 5.92 Å². The van der Waals surface area contributed by atoms with Crippen molar-refractivity contribution < 1.29 is 0 Å². The fraction of sp³-hybridized carbons (Fsp3) is 0.176. The summed E-state index contributed by atoms with van der Waals surface area (Å²) >= 11 is 0. The van der Waals surface area contributed by atoms with Crippen molar-refractivity contribution in [3.63, 3.8) is 0 Å². The predicted molar refractivity (Wildman–Crippen MR) is 80.9 cm³/mol. The highest BCUT2D eigenvalue weighted by molar-refractivity contribution is 5.58. The molecule has 0 fully saturated rings. The molecule has 0 unspecified atom stereocenters. The summed E-state index contributed by atoms with van der Waals surface area (Å²) in [6.45, 7) is 4.39. The number of hydrogen-bond acceptors (Lipinski definition) is 2. The van der Waals surface area contributed by atoms with E-state index in [9.17, 15) is 0 Å². The summed E-state index contributed by atoms with van der Waals surface area (Å²) in [5.41, 5.74) is 3.48. The van der Waals surface area contributed by atoms with Gasteiger partial charge in [-0.3, -0.25) is 4.57 Å². The van der Waals surface area contributed by atoms with Gasteiger partial charge in [-0.05, 0) is 23.6 Å². The SMILES string of the molecule is CC(C)c1ccc(-c2nncn2-c2ccccc2)cc1. The predicted octanol–water partition coefficient (Wildman–Crippen LogP) is 4.06. The van der Waals surface area contributed by atoms with Crippen LogP contribution in [0.2, 0.25) is 0 Å². The van der Waals surface area contributed by atoms with Gasteiger partial charge in [-0.15, -0.1) is 10.2 Å². The molecule has 2 aromatic carbocycles. The van der Waals surface area contributed by atoms with Crippen LogP contribution in [0.5, 0.6) is 0 Å². The number of para-hydroxylation sites is 1. The molecular weight excluding hydrogens is 246 g/mol. The highest BCUT2D eigenvalue weighted by Crippen LogP contribution is 2.23. The summed E-state index contributed by atoms with van der Waals surface area (Å²) in [5.74, 6) is 1.41. The normalized spacial score (nSPS) is 10.9. The molecule has 0 radical (unpaired) electrons. The zero-order chi connectivity index (χ0) is 13.9. The Balaban J connectivity index is 2.01. The van der Waals surface area contributed by atoms with Gasteiger partial charge in [0.25, 0.3) is 0 Å². The molecule has 3 rings (SSSR count). The summed E-state index contributed by atoms with van der Waals surface area (Å²) in [7, 11) is 0. The van der Waals surface area contributed by atoms with Crippen molar-refractivity contribution in [3.8, 4) is 17.1 Å². The van der Waals surface area contributed by atoms with Gasteiger partial charge in [0.2, 0.25) is 0 Å². The molecule has 20 heavy (non-hydrogen) atoms. The number of rotatable bonds is 3. The van der Waals surface area contributed by atoms with Gasteiger partial charge >= 0.3 is 0 Å². The van der Waals surface area contributed by atoms with Crippen molar-refractivity contribution in [2.75, 3.05) is 0 Å². The van der Waals surface area contributed by atoms with Crippen LogP contribution < -0.4 is 0 Å². The molecule has 0 amide bonds. The zero-order valence-electron chi connectivity index (χ0n) is 11.7. The van der Waals surface area contributed by atoms with E-state index in [4.69, 9.17) is 0 Å². The maximum atomic E-state index is 4.25. The maximum Gasteiger partial charge on any atom is 0.168 e. The molecule has 0 saturated heterocycles. The first-order valence-corrected chi connectivity index (χ1v) is 6.81. The summed E-state index contributed by atoms with van der Waals surface area (Å²) < 4.78 is 2.00. The Morgan fingerprint density at radius 2 is 1.60 bits per heavy atom. The minimum Gasteiger partial charge on any atom is -0.282 e. The van der Waals surface area contributed by atoms with Gasteiger partial charge in [-0.25, -0.2) is 0 Å². The minimum atomic E-state index is 0.538. The minimum absolute atomic E-state index is 0.538. The van der Waals surface area contributed by atoms with Gasteiger partial charge in [0, 0.05) is 11.3 Å². The van der Waals surface area contributed by atoms with Crippen LogP contribution in [0.4, 0.5) is 0 Å². The van der Waals surface area contributed by atoms with E-state index in [2.05, 4.69) is 60.4 Å². The first-order chi connectivity index (χ1) is 9.75. The summed E-state index contributed by atoms with van der Waals surface area (Å²) in [6, 6.07) is 18.7. The second-order valence-electron chi connectivity index (χ2n) is 5.14. The molecule has 3 nitrogen and oxygen atoms in total. The molecule has 0 saturated carbocycles. The highest BCUT2D eigenvalue weighted by Gasteiger charge is 2.09. The van der Waals surface area contributed by atoms with Gasteiger partial charge in [0.15, 0.2) is 5.82 Å². The summed E-state index contributed by atoms with van der Waals surface area (Å²) in [5, 5.41) is 8.30. The van der Waals surface area contributed by atoms with Gasteiger partial charge in [-0.1, -0.05) is 56.3 Å². The lowest BCUT2D eigenvalue weighted by Crippen LogP contribution is -1.96. The Morgan fingerprint density at radius 1 is 0.900 bits per heavy atom. The molecular formula is C17H17N3. The van der Waals surface area contributed by atoms with E-state index >= 15 is 0 Å². The molecule has 0 atom stereocenters. The fourth-order valence-electron chi connectivity index (χ4n) is 2.23. The average molecular weight is 263 g/mol. The molecule has 100 valence electrons. The molecule has 3 heteroatoms. The van der Waals surface area contributed by atoms with E-state index < -0.39 is 0 Å². The van der Waals surface area contributed by atoms with E-state index in [1.54, 1.807) is 6.33 Å². The van der Waals surface area contributed by atoms with Crippen molar-refractivity contribution in [2.24, 2.45) is 0 Å². The van der Waals surface area contributed by atoms with Crippen molar-refractivity contribution in [2.45, 2.75) is 19.8 Å². The number of hydrogen-bond donors (Lipinski definition) is 0. The van der Waals surface area contributed by atoms with Crippen molar-refractivity contribution in [3.05, 3.63) is 66.5 Å². The highest BCUT2D eigenvalue weighted by atomic mass is 15.3. The number of nitrogens with zero attached hydrogens (tertiary/aromatic N) is 3. The van der Waals surface area contributed by atoms with Crippen LogP contribution in [0, 0.1) is 0 Å². The largest absolute Gasteiger partial charge is 0.282 e. The van der Waals surface area contributed by atoms with Gasteiger partial charge in [0.1, 0.15) is 6.33 Å². The van der Waals surface area contributed by atoms with Crippen molar-refractivity contribution >= 4 is 0 Å². The van der Waals surface area contributed by atoms with Crippen LogP contribution >= 0.6 is 0 Å². The quantitative estimate of drug-likeness (QED) is 0.713. The third kappa shape index (κ3) is 2.35. The third-order valence-electron chi connectivity index (χ3n) is 3.42. The van der Waals surface area contributed by atoms with Gasteiger partial charge < -0.3 is 0 Å². The van der Waals surface area contributed by atoms with Crippen molar-refractivity contribution in [1.29, 1.82) is 0 Å². The number of aromatic nitrogens is 3. The molecule has 0 spiro atoms. The second kappa shape index (κ2) is 5.29. The first-order valence-electron chi connectivity index (χ1n) is 6.81. The zero-order valence-corrected chi connectivity index (χ0v) is 11.7. The summed E-state index contributed by atoms with van der Waals surface area (Å²) in [4.78, 5) is 0. The van der Waals surface area contributed by atoms with E-state index in [0.717, 1.165) is 17.1 Å². The molecule has 0 aliphatic rings. The van der Waals surface area contributed by atoms with Crippen molar-refractivity contribution in [1.82, 2.24) is 14.8 Å². The average Bonchev–Trinajstić information content (AvgIpc) is 2.97. The van der Waals surface area contributed by atoms with Crippen LogP contribution in [0.15, 0.2) is 60.9 Å². The first kappa shape index (κ1) is 12.6. The monoisotopic (exact) mass is 263 g/mol. The Morgan fingerprint density at radius 3 is 2.25 bits per heavy atom.